The largest absolute Gasteiger partial charge is 0.507 e. The van der Waals surface area contributed by atoms with Crippen LogP contribution in [0.4, 0.5) is 0 Å². The van der Waals surface area contributed by atoms with E-state index in [1.165, 1.54) is 67.2 Å². The number of aromatic hydroxyl groups is 1. The summed E-state index contributed by atoms with van der Waals surface area (Å²) < 4.78 is 0. The molecule has 0 heterocycles. The van der Waals surface area contributed by atoms with E-state index in [1.807, 2.05) is 0 Å². The average Bonchev–Trinajstić information content (AvgIpc) is 2.58. The van der Waals surface area contributed by atoms with E-state index in [1.54, 1.807) is 11.1 Å². The zero-order chi connectivity index (χ0) is 16.8. The van der Waals surface area contributed by atoms with Gasteiger partial charge in [0.2, 0.25) is 0 Å². The van der Waals surface area contributed by atoms with Gasteiger partial charge in [-0.25, -0.2) is 0 Å². The molecule has 0 amide bonds. The Labute approximate surface area is 146 Å². The molecule has 1 aromatic carbocycles. The molecule has 0 spiro atoms. The minimum atomic E-state index is 0.501. The normalized spacial score (nSPS) is 26.7. The number of rotatable bonds is 1. The molecular weight excluding hydrogens is 292 g/mol. The molecular formula is C23H30O. The van der Waals surface area contributed by atoms with Crippen molar-refractivity contribution in [1.29, 1.82) is 0 Å². The minimum absolute atomic E-state index is 0.501. The lowest BCUT2D eigenvalue weighted by Crippen LogP contribution is -2.20. The van der Waals surface area contributed by atoms with Gasteiger partial charge in [0, 0.05) is 5.56 Å². The van der Waals surface area contributed by atoms with Gasteiger partial charge < -0.3 is 5.11 Å². The number of phenolic OH excluding ortho intramolecular Hbond substituents is 1. The molecule has 1 saturated carbocycles. The molecule has 24 heavy (non-hydrogen) atoms. The molecule has 0 saturated heterocycles. The predicted molar refractivity (Wildman–Crippen MR) is 101 cm³/mol. The molecule has 2 atom stereocenters. The van der Waals surface area contributed by atoms with Gasteiger partial charge in [-0.2, -0.15) is 0 Å². The second-order valence-electron chi connectivity index (χ2n) is 8.20. The standard InChI is InChI=1S/C23H30O/c1-14-12-17-8-4-6-10-19(17)21(16(14)3)22-20-11-7-5-9-18(20)13-15(2)23(22)24/h12-14,16,24H,4-11H2,1-3H3. The van der Waals surface area contributed by atoms with Crippen molar-refractivity contribution in [3.8, 4) is 5.75 Å². The molecule has 0 radical (unpaired) electrons. The quantitative estimate of drug-likeness (QED) is 0.660. The second kappa shape index (κ2) is 6.10. The Morgan fingerprint density at radius 1 is 0.958 bits per heavy atom. The molecule has 4 rings (SSSR count). The van der Waals surface area contributed by atoms with Crippen LogP contribution in [0, 0.1) is 18.8 Å². The third-order valence-corrected chi connectivity index (χ3v) is 6.63. The van der Waals surface area contributed by atoms with Crippen LogP contribution in [0.2, 0.25) is 0 Å². The Morgan fingerprint density at radius 3 is 2.50 bits per heavy atom. The number of fused-ring (bicyclic) bond motifs is 2. The van der Waals surface area contributed by atoms with Crippen LogP contribution in [-0.2, 0) is 12.8 Å². The van der Waals surface area contributed by atoms with Crippen LogP contribution >= 0.6 is 0 Å². The second-order valence-corrected chi connectivity index (χ2v) is 8.20. The first-order valence-electron chi connectivity index (χ1n) is 9.86. The third-order valence-electron chi connectivity index (χ3n) is 6.63. The summed E-state index contributed by atoms with van der Waals surface area (Å²) in [5.74, 6) is 1.63. The number of hydrogen-bond acceptors (Lipinski definition) is 1. The Bertz CT molecular complexity index is 735. The fraction of sp³-hybridized carbons (Fsp3) is 0.565. The van der Waals surface area contributed by atoms with Crippen molar-refractivity contribution in [3.63, 3.8) is 0 Å². The van der Waals surface area contributed by atoms with Crippen LogP contribution in [0.25, 0.3) is 5.57 Å². The molecule has 1 fully saturated rings. The molecule has 1 heteroatoms. The zero-order valence-electron chi connectivity index (χ0n) is 15.4. The maximum atomic E-state index is 11.0. The monoisotopic (exact) mass is 322 g/mol. The highest BCUT2D eigenvalue weighted by Crippen LogP contribution is 2.49. The van der Waals surface area contributed by atoms with E-state index in [0.29, 0.717) is 17.6 Å². The molecule has 0 aliphatic heterocycles. The highest BCUT2D eigenvalue weighted by molar-refractivity contribution is 5.82. The highest BCUT2D eigenvalue weighted by Gasteiger charge is 2.32. The van der Waals surface area contributed by atoms with Gasteiger partial charge in [0.05, 0.1) is 0 Å². The van der Waals surface area contributed by atoms with E-state index >= 15 is 0 Å². The van der Waals surface area contributed by atoms with E-state index in [2.05, 4.69) is 32.9 Å². The van der Waals surface area contributed by atoms with Crippen LogP contribution in [0.1, 0.15) is 74.6 Å². The third kappa shape index (κ3) is 2.44. The van der Waals surface area contributed by atoms with E-state index in [4.69, 9.17) is 0 Å². The zero-order valence-corrected chi connectivity index (χ0v) is 15.4. The Kier molecular flexibility index (Phi) is 4.06. The molecule has 1 N–H and O–H groups in total. The van der Waals surface area contributed by atoms with Crippen LogP contribution in [0.15, 0.2) is 23.3 Å². The average molecular weight is 322 g/mol. The van der Waals surface area contributed by atoms with E-state index in [9.17, 15) is 5.11 Å². The number of aryl methyl sites for hydroxylation is 2. The van der Waals surface area contributed by atoms with Crippen molar-refractivity contribution >= 4 is 5.57 Å². The van der Waals surface area contributed by atoms with Crippen molar-refractivity contribution in [2.75, 3.05) is 0 Å². The minimum Gasteiger partial charge on any atom is -0.507 e. The summed E-state index contributed by atoms with van der Waals surface area (Å²) in [6.07, 6.45) is 12.4. The lowest BCUT2D eigenvalue weighted by Gasteiger charge is -2.36. The van der Waals surface area contributed by atoms with Gasteiger partial charge in [0.25, 0.3) is 0 Å². The van der Waals surface area contributed by atoms with Gasteiger partial charge in [0.1, 0.15) is 5.75 Å². The first-order chi connectivity index (χ1) is 11.6. The SMILES string of the molecule is Cc1cc2c(c(C3=C4CCCCC4=CC(C)C3C)c1O)CCCC2. The van der Waals surface area contributed by atoms with Gasteiger partial charge in [-0.15, -0.1) is 0 Å². The van der Waals surface area contributed by atoms with Crippen LogP contribution in [0.3, 0.4) is 0 Å². The summed E-state index contributed by atoms with van der Waals surface area (Å²) in [5, 5.41) is 11.0. The summed E-state index contributed by atoms with van der Waals surface area (Å²) in [6.45, 7) is 6.79. The van der Waals surface area contributed by atoms with Gasteiger partial charge in [-0.05, 0) is 104 Å². The number of allylic oxidation sites excluding steroid dienone is 4. The first kappa shape index (κ1) is 16.0. The number of phenols is 1. The van der Waals surface area contributed by atoms with Crippen molar-refractivity contribution in [2.45, 2.75) is 72.1 Å². The molecule has 0 bridgehead atoms. The predicted octanol–water partition coefficient (Wildman–Crippen LogP) is 6.12. The van der Waals surface area contributed by atoms with Crippen molar-refractivity contribution in [3.05, 3.63) is 45.5 Å². The molecule has 2 unspecified atom stereocenters. The van der Waals surface area contributed by atoms with Crippen molar-refractivity contribution in [2.24, 2.45) is 11.8 Å². The number of benzene rings is 1. The van der Waals surface area contributed by atoms with Gasteiger partial charge in [-0.3, -0.25) is 0 Å². The molecule has 128 valence electrons. The molecule has 1 aromatic rings. The molecule has 0 aromatic heterocycles. The molecule has 3 aliphatic carbocycles. The number of hydrogen-bond donors (Lipinski definition) is 1. The highest BCUT2D eigenvalue weighted by atomic mass is 16.3. The Balaban J connectivity index is 1.98. The van der Waals surface area contributed by atoms with E-state index in [-0.39, 0.29) is 0 Å². The summed E-state index contributed by atoms with van der Waals surface area (Å²) in [6, 6.07) is 2.24. The van der Waals surface area contributed by atoms with Crippen molar-refractivity contribution in [1.82, 2.24) is 0 Å². The van der Waals surface area contributed by atoms with Crippen LogP contribution in [0.5, 0.6) is 5.75 Å². The maximum absolute atomic E-state index is 11.0. The van der Waals surface area contributed by atoms with Crippen LogP contribution < -0.4 is 0 Å². The van der Waals surface area contributed by atoms with Crippen molar-refractivity contribution < 1.29 is 5.11 Å². The summed E-state index contributed by atoms with van der Waals surface area (Å²) in [7, 11) is 0. The summed E-state index contributed by atoms with van der Waals surface area (Å²) in [5.41, 5.74) is 9.87. The molecule has 1 nitrogen and oxygen atoms in total. The topological polar surface area (TPSA) is 20.2 Å². The Hall–Kier alpha value is -1.50. The van der Waals surface area contributed by atoms with Gasteiger partial charge in [0.15, 0.2) is 0 Å². The smallest absolute Gasteiger partial charge is 0.126 e. The summed E-state index contributed by atoms with van der Waals surface area (Å²) in [4.78, 5) is 0. The van der Waals surface area contributed by atoms with E-state index < -0.39 is 0 Å². The van der Waals surface area contributed by atoms with Gasteiger partial charge in [-0.1, -0.05) is 26.0 Å². The van der Waals surface area contributed by atoms with Gasteiger partial charge >= 0.3 is 0 Å². The fourth-order valence-corrected chi connectivity index (χ4v) is 5.13. The Morgan fingerprint density at radius 2 is 1.67 bits per heavy atom. The molecule has 3 aliphatic rings. The first-order valence-corrected chi connectivity index (χ1v) is 9.86. The fourth-order valence-electron chi connectivity index (χ4n) is 5.13. The van der Waals surface area contributed by atoms with Crippen LogP contribution in [-0.4, -0.2) is 5.11 Å². The summed E-state index contributed by atoms with van der Waals surface area (Å²) >= 11 is 0. The van der Waals surface area contributed by atoms with E-state index in [0.717, 1.165) is 12.0 Å². The lowest BCUT2D eigenvalue weighted by molar-refractivity contribution is 0.462. The lowest BCUT2D eigenvalue weighted by atomic mass is 9.69. The maximum Gasteiger partial charge on any atom is 0.126 e.